The first-order valence-electron chi connectivity index (χ1n) is 10.0. The van der Waals surface area contributed by atoms with Gasteiger partial charge in [-0.1, -0.05) is 37.3 Å². The first-order chi connectivity index (χ1) is 14.5. The predicted molar refractivity (Wildman–Crippen MR) is 124 cm³/mol. The molecule has 156 valence electrons. The maximum absolute atomic E-state index is 12.8. The third kappa shape index (κ3) is 5.78. The molecule has 2 atom stereocenters. The normalized spacial score (nSPS) is 12.8. The summed E-state index contributed by atoms with van der Waals surface area (Å²) >= 11 is 1.67. The van der Waals surface area contributed by atoms with Gasteiger partial charge in [-0.05, 0) is 60.2 Å². The van der Waals surface area contributed by atoms with Crippen molar-refractivity contribution in [1.29, 1.82) is 0 Å². The lowest BCUT2D eigenvalue weighted by Gasteiger charge is -2.23. The van der Waals surface area contributed by atoms with Crippen LogP contribution in [0.4, 0.5) is 11.4 Å². The van der Waals surface area contributed by atoms with Gasteiger partial charge in [0, 0.05) is 23.2 Å². The number of aryl methyl sites for hydroxylation is 1. The van der Waals surface area contributed by atoms with Crippen LogP contribution in [0.1, 0.15) is 42.8 Å². The van der Waals surface area contributed by atoms with E-state index >= 15 is 0 Å². The fourth-order valence-corrected chi connectivity index (χ4v) is 3.97. The predicted octanol–water partition coefficient (Wildman–Crippen LogP) is 4.98. The number of amides is 2. The van der Waals surface area contributed by atoms with Crippen molar-refractivity contribution in [1.82, 2.24) is 5.32 Å². The molecule has 1 heterocycles. The molecular weight excluding hydrogens is 394 g/mol. The summed E-state index contributed by atoms with van der Waals surface area (Å²) in [6, 6.07) is 19.2. The summed E-state index contributed by atoms with van der Waals surface area (Å²) in [5.41, 5.74) is 3.80. The summed E-state index contributed by atoms with van der Waals surface area (Å²) in [4.78, 5) is 25.1. The van der Waals surface area contributed by atoms with Gasteiger partial charge in [0.2, 0.25) is 11.8 Å². The van der Waals surface area contributed by atoms with E-state index in [0.29, 0.717) is 11.4 Å². The second-order valence-electron chi connectivity index (χ2n) is 7.18. The van der Waals surface area contributed by atoms with Crippen molar-refractivity contribution in [2.75, 3.05) is 10.6 Å². The SMILES string of the molecule is CCc1ccc([C@H](N[C@@H](C)C(=O)Nc2ccc(NC(C)=O)cc2)c2cccs2)cc1. The Morgan fingerprint density at radius 2 is 1.57 bits per heavy atom. The standard InChI is InChI=1S/C24H27N3O2S/c1-4-18-7-9-19(10-8-18)23(22-6-5-15-30-22)25-16(2)24(29)27-21-13-11-20(12-14-21)26-17(3)28/h5-16,23,25H,4H2,1-3H3,(H,26,28)(H,27,29)/t16-,23-/m0/s1. The zero-order chi connectivity index (χ0) is 21.5. The molecule has 0 unspecified atom stereocenters. The van der Waals surface area contributed by atoms with E-state index in [9.17, 15) is 9.59 Å². The molecule has 3 rings (SSSR count). The maximum Gasteiger partial charge on any atom is 0.241 e. The van der Waals surface area contributed by atoms with Gasteiger partial charge in [-0.15, -0.1) is 11.3 Å². The first-order valence-corrected chi connectivity index (χ1v) is 10.9. The van der Waals surface area contributed by atoms with Gasteiger partial charge in [-0.3, -0.25) is 14.9 Å². The number of anilines is 2. The van der Waals surface area contributed by atoms with E-state index in [1.165, 1.54) is 17.4 Å². The molecule has 3 aromatic rings. The molecule has 2 amide bonds. The number of carbonyl (C=O) groups excluding carboxylic acids is 2. The summed E-state index contributed by atoms with van der Waals surface area (Å²) in [6.07, 6.45) is 0.997. The van der Waals surface area contributed by atoms with E-state index in [4.69, 9.17) is 0 Å². The molecule has 0 fully saturated rings. The van der Waals surface area contributed by atoms with Crippen LogP contribution in [0.2, 0.25) is 0 Å². The monoisotopic (exact) mass is 421 g/mol. The number of hydrogen-bond acceptors (Lipinski definition) is 4. The lowest BCUT2D eigenvalue weighted by atomic mass is 10.0. The van der Waals surface area contributed by atoms with Gasteiger partial charge < -0.3 is 10.6 Å². The molecule has 0 bridgehead atoms. The van der Waals surface area contributed by atoms with E-state index in [-0.39, 0.29) is 17.9 Å². The lowest BCUT2D eigenvalue weighted by Crippen LogP contribution is -2.40. The van der Waals surface area contributed by atoms with Crippen LogP contribution in [-0.4, -0.2) is 17.9 Å². The van der Waals surface area contributed by atoms with E-state index in [2.05, 4.69) is 53.2 Å². The molecule has 0 saturated carbocycles. The highest BCUT2D eigenvalue weighted by Crippen LogP contribution is 2.27. The Hall–Kier alpha value is -2.96. The van der Waals surface area contributed by atoms with Gasteiger partial charge in [0.05, 0.1) is 12.1 Å². The molecular formula is C24H27N3O2S. The topological polar surface area (TPSA) is 70.2 Å². The van der Waals surface area contributed by atoms with Gasteiger partial charge in [0.1, 0.15) is 0 Å². The van der Waals surface area contributed by atoms with Crippen LogP contribution < -0.4 is 16.0 Å². The Bertz CT molecular complexity index is 967. The number of thiophene rings is 1. The van der Waals surface area contributed by atoms with Crippen molar-refractivity contribution in [3.05, 3.63) is 82.0 Å². The molecule has 0 radical (unpaired) electrons. The van der Waals surface area contributed by atoms with E-state index in [0.717, 1.165) is 12.0 Å². The summed E-state index contributed by atoms with van der Waals surface area (Å²) in [7, 11) is 0. The van der Waals surface area contributed by atoms with Crippen LogP contribution in [0, 0.1) is 0 Å². The van der Waals surface area contributed by atoms with E-state index in [1.54, 1.807) is 35.6 Å². The Labute approximate surface area is 181 Å². The molecule has 1 aromatic heterocycles. The zero-order valence-electron chi connectivity index (χ0n) is 17.4. The van der Waals surface area contributed by atoms with Crippen LogP contribution in [0.15, 0.2) is 66.0 Å². The molecule has 0 spiro atoms. The second kappa shape index (κ2) is 10.2. The van der Waals surface area contributed by atoms with E-state index in [1.807, 2.05) is 18.4 Å². The molecule has 5 nitrogen and oxygen atoms in total. The molecule has 0 saturated heterocycles. The third-order valence-corrected chi connectivity index (χ3v) is 5.77. The van der Waals surface area contributed by atoms with Crippen LogP contribution >= 0.6 is 11.3 Å². The zero-order valence-corrected chi connectivity index (χ0v) is 18.3. The minimum Gasteiger partial charge on any atom is -0.326 e. The van der Waals surface area contributed by atoms with Crippen LogP contribution in [-0.2, 0) is 16.0 Å². The van der Waals surface area contributed by atoms with Gasteiger partial charge in [0.15, 0.2) is 0 Å². The quantitative estimate of drug-likeness (QED) is 0.481. The van der Waals surface area contributed by atoms with Crippen LogP contribution in [0.3, 0.4) is 0 Å². The highest BCUT2D eigenvalue weighted by Gasteiger charge is 2.21. The Balaban J connectivity index is 1.69. The molecule has 6 heteroatoms. The first kappa shape index (κ1) is 21.7. The number of benzene rings is 2. The van der Waals surface area contributed by atoms with Gasteiger partial charge >= 0.3 is 0 Å². The lowest BCUT2D eigenvalue weighted by molar-refractivity contribution is -0.118. The molecule has 0 aliphatic rings. The van der Waals surface area contributed by atoms with E-state index < -0.39 is 6.04 Å². The Morgan fingerprint density at radius 3 is 2.10 bits per heavy atom. The molecule has 3 N–H and O–H groups in total. The Kier molecular flexibility index (Phi) is 7.38. The fraction of sp³-hybridized carbons (Fsp3) is 0.250. The summed E-state index contributed by atoms with van der Waals surface area (Å²) < 4.78 is 0. The highest BCUT2D eigenvalue weighted by molar-refractivity contribution is 7.10. The smallest absolute Gasteiger partial charge is 0.241 e. The average molecular weight is 422 g/mol. The fourth-order valence-electron chi connectivity index (χ4n) is 3.16. The largest absolute Gasteiger partial charge is 0.326 e. The molecule has 30 heavy (non-hydrogen) atoms. The van der Waals surface area contributed by atoms with Crippen molar-refractivity contribution in [2.24, 2.45) is 0 Å². The van der Waals surface area contributed by atoms with Crippen molar-refractivity contribution < 1.29 is 9.59 Å². The summed E-state index contributed by atoms with van der Waals surface area (Å²) in [6.45, 7) is 5.46. The number of rotatable bonds is 8. The van der Waals surface area contributed by atoms with Gasteiger partial charge in [-0.2, -0.15) is 0 Å². The van der Waals surface area contributed by atoms with Crippen molar-refractivity contribution in [2.45, 2.75) is 39.3 Å². The molecule has 0 aliphatic carbocycles. The average Bonchev–Trinajstić information content (AvgIpc) is 3.27. The maximum atomic E-state index is 12.8. The van der Waals surface area contributed by atoms with Gasteiger partial charge in [0.25, 0.3) is 0 Å². The van der Waals surface area contributed by atoms with Crippen molar-refractivity contribution in [3.8, 4) is 0 Å². The number of hydrogen-bond donors (Lipinski definition) is 3. The van der Waals surface area contributed by atoms with Crippen LogP contribution in [0.25, 0.3) is 0 Å². The van der Waals surface area contributed by atoms with Crippen molar-refractivity contribution >= 4 is 34.5 Å². The highest BCUT2D eigenvalue weighted by atomic mass is 32.1. The molecule has 2 aromatic carbocycles. The van der Waals surface area contributed by atoms with Crippen LogP contribution in [0.5, 0.6) is 0 Å². The number of nitrogens with one attached hydrogen (secondary N) is 3. The second-order valence-corrected chi connectivity index (χ2v) is 8.16. The minimum atomic E-state index is -0.405. The number of carbonyl (C=O) groups is 2. The summed E-state index contributed by atoms with van der Waals surface area (Å²) in [5, 5.41) is 11.2. The molecule has 0 aliphatic heterocycles. The third-order valence-electron chi connectivity index (χ3n) is 4.83. The Morgan fingerprint density at radius 1 is 0.933 bits per heavy atom. The van der Waals surface area contributed by atoms with Crippen molar-refractivity contribution in [3.63, 3.8) is 0 Å². The summed E-state index contributed by atoms with van der Waals surface area (Å²) in [5.74, 6) is -0.245. The van der Waals surface area contributed by atoms with Gasteiger partial charge in [-0.25, -0.2) is 0 Å². The minimum absolute atomic E-state index is 0.0567.